The van der Waals surface area contributed by atoms with Gasteiger partial charge in [0.25, 0.3) is 0 Å². The molecule has 1 heterocycles. The summed E-state index contributed by atoms with van der Waals surface area (Å²) < 4.78 is 6.69. The lowest BCUT2D eigenvalue weighted by Gasteiger charge is -2.00. The predicted molar refractivity (Wildman–Crippen MR) is 56.2 cm³/mol. The predicted octanol–water partition coefficient (Wildman–Crippen LogP) is 1.18. The molecule has 6 heteroatoms. The Morgan fingerprint density at radius 1 is 1.71 bits per heavy atom. The van der Waals surface area contributed by atoms with Gasteiger partial charge in [-0.25, -0.2) is 9.47 Å². The molecule has 5 nitrogen and oxygen atoms in total. The molecule has 14 heavy (non-hydrogen) atoms. The maximum absolute atomic E-state index is 11.3. The van der Waals surface area contributed by atoms with Gasteiger partial charge in [-0.2, -0.15) is 5.10 Å². The third kappa shape index (κ3) is 2.35. The molecule has 2 N–H and O–H groups in total. The summed E-state index contributed by atoms with van der Waals surface area (Å²) in [6, 6.07) is 1.61. The molecule has 0 amide bonds. The van der Waals surface area contributed by atoms with Crippen molar-refractivity contribution in [1.82, 2.24) is 4.68 Å². The van der Waals surface area contributed by atoms with Crippen molar-refractivity contribution in [2.24, 2.45) is 10.8 Å². The Kier molecular flexibility index (Phi) is 3.29. The molecule has 0 aliphatic rings. The maximum Gasteiger partial charge on any atom is 0.356 e. The van der Waals surface area contributed by atoms with Crippen molar-refractivity contribution in [1.29, 1.82) is 0 Å². The van der Waals surface area contributed by atoms with Gasteiger partial charge in [-0.1, -0.05) is 0 Å². The van der Waals surface area contributed by atoms with Crippen molar-refractivity contribution in [2.75, 3.05) is 7.11 Å². The fourth-order valence-electron chi connectivity index (χ4n) is 0.930. The van der Waals surface area contributed by atoms with E-state index in [4.69, 9.17) is 5.73 Å². The van der Waals surface area contributed by atoms with Crippen LogP contribution in [-0.4, -0.2) is 23.6 Å². The molecule has 0 saturated carbocycles. The summed E-state index contributed by atoms with van der Waals surface area (Å²) >= 11 is 3.23. The number of nitrogens with two attached hydrogens (primary N) is 1. The normalized spacial score (nSPS) is 11.5. The second-order valence-electron chi connectivity index (χ2n) is 2.62. The number of carbonyl (C=O) groups excluding carboxylic acids is 1. The Labute approximate surface area is 89.7 Å². The third-order valence-electron chi connectivity index (χ3n) is 1.43. The molecule has 1 aromatic heterocycles. The standard InChI is InChI=1S/C8H10BrN3O2/c1-5(10)11-12-4-6(9)3-7(12)8(13)14-2/h3-4H,1-2H3,(H2,10,11). The van der Waals surface area contributed by atoms with Crippen LogP contribution in [0.2, 0.25) is 0 Å². The number of rotatable bonds is 2. The molecule has 0 fully saturated rings. The van der Waals surface area contributed by atoms with Crippen LogP contribution >= 0.6 is 15.9 Å². The van der Waals surface area contributed by atoms with Crippen LogP contribution in [0.1, 0.15) is 17.4 Å². The lowest BCUT2D eigenvalue weighted by Crippen LogP contribution is -2.12. The number of amidine groups is 1. The van der Waals surface area contributed by atoms with E-state index < -0.39 is 5.97 Å². The Morgan fingerprint density at radius 3 is 2.86 bits per heavy atom. The van der Waals surface area contributed by atoms with E-state index in [0.717, 1.165) is 4.47 Å². The highest BCUT2D eigenvalue weighted by Gasteiger charge is 2.12. The van der Waals surface area contributed by atoms with Crippen LogP contribution < -0.4 is 5.73 Å². The molecular weight excluding hydrogens is 250 g/mol. The van der Waals surface area contributed by atoms with E-state index in [-0.39, 0.29) is 0 Å². The number of hydrogen-bond donors (Lipinski definition) is 1. The molecule has 76 valence electrons. The van der Waals surface area contributed by atoms with E-state index in [1.54, 1.807) is 19.2 Å². The van der Waals surface area contributed by atoms with Gasteiger partial charge in [0.2, 0.25) is 0 Å². The van der Waals surface area contributed by atoms with Crippen LogP contribution in [0.15, 0.2) is 21.8 Å². The van der Waals surface area contributed by atoms with Gasteiger partial charge in [0.1, 0.15) is 5.84 Å². The minimum absolute atomic E-state index is 0.323. The van der Waals surface area contributed by atoms with Crippen LogP contribution in [-0.2, 0) is 4.74 Å². The second kappa shape index (κ2) is 4.28. The van der Waals surface area contributed by atoms with Crippen LogP contribution in [0, 0.1) is 0 Å². The first-order chi connectivity index (χ1) is 6.54. The summed E-state index contributed by atoms with van der Waals surface area (Å²) in [5.41, 5.74) is 5.73. The minimum Gasteiger partial charge on any atom is -0.464 e. The monoisotopic (exact) mass is 259 g/mol. The van der Waals surface area contributed by atoms with Gasteiger partial charge < -0.3 is 10.5 Å². The van der Waals surface area contributed by atoms with E-state index in [1.807, 2.05) is 0 Å². The molecule has 0 unspecified atom stereocenters. The van der Waals surface area contributed by atoms with Gasteiger partial charge in [0.05, 0.1) is 7.11 Å². The van der Waals surface area contributed by atoms with Crippen molar-refractivity contribution >= 4 is 27.7 Å². The Morgan fingerprint density at radius 2 is 2.36 bits per heavy atom. The first-order valence-electron chi connectivity index (χ1n) is 3.82. The number of aromatic nitrogens is 1. The summed E-state index contributed by atoms with van der Waals surface area (Å²) in [5, 5.41) is 3.93. The third-order valence-corrected chi connectivity index (χ3v) is 1.86. The molecular formula is C8H10BrN3O2. The summed E-state index contributed by atoms with van der Waals surface area (Å²) in [4.78, 5) is 11.3. The fourth-order valence-corrected chi connectivity index (χ4v) is 1.34. The van der Waals surface area contributed by atoms with Gasteiger partial charge in [-0.3, -0.25) is 0 Å². The fraction of sp³-hybridized carbons (Fsp3) is 0.250. The number of carbonyl (C=O) groups is 1. The Hall–Kier alpha value is -1.30. The highest BCUT2D eigenvalue weighted by Crippen LogP contribution is 2.15. The zero-order chi connectivity index (χ0) is 10.7. The molecule has 0 aliphatic carbocycles. The summed E-state index contributed by atoms with van der Waals surface area (Å²) in [5.74, 6) is -0.0982. The van der Waals surface area contributed by atoms with E-state index in [1.165, 1.54) is 11.8 Å². The largest absolute Gasteiger partial charge is 0.464 e. The van der Waals surface area contributed by atoms with Crippen LogP contribution in [0.4, 0.5) is 0 Å². The topological polar surface area (TPSA) is 69.6 Å². The van der Waals surface area contributed by atoms with E-state index in [0.29, 0.717) is 11.5 Å². The lowest BCUT2D eigenvalue weighted by atomic mass is 10.4. The number of esters is 1. The lowest BCUT2D eigenvalue weighted by molar-refractivity contribution is 0.0589. The number of hydrogen-bond acceptors (Lipinski definition) is 3. The van der Waals surface area contributed by atoms with E-state index >= 15 is 0 Å². The quantitative estimate of drug-likeness (QED) is 0.493. The van der Waals surface area contributed by atoms with Crippen molar-refractivity contribution in [3.8, 4) is 0 Å². The minimum atomic E-state index is -0.458. The molecule has 0 saturated heterocycles. The van der Waals surface area contributed by atoms with Crippen molar-refractivity contribution in [3.05, 3.63) is 22.4 Å². The van der Waals surface area contributed by atoms with Crippen molar-refractivity contribution in [2.45, 2.75) is 6.92 Å². The molecule has 0 aliphatic heterocycles. The first-order valence-corrected chi connectivity index (χ1v) is 4.61. The van der Waals surface area contributed by atoms with Crippen molar-refractivity contribution < 1.29 is 9.53 Å². The second-order valence-corrected chi connectivity index (χ2v) is 3.54. The average molecular weight is 260 g/mol. The number of halogens is 1. The van der Waals surface area contributed by atoms with Gasteiger partial charge >= 0.3 is 5.97 Å². The molecule has 0 bridgehead atoms. The van der Waals surface area contributed by atoms with Crippen LogP contribution in [0.5, 0.6) is 0 Å². The molecule has 1 rings (SSSR count). The highest BCUT2D eigenvalue weighted by molar-refractivity contribution is 9.10. The Bertz CT molecular complexity index is 380. The Balaban J connectivity index is 3.15. The van der Waals surface area contributed by atoms with E-state index in [9.17, 15) is 4.79 Å². The number of nitrogens with zero attached hydrogens (tertiary/aromatic N) is 2. The number of ether oxygens (including phenoxy) is 1. The molecule has 1 aromatic rings. The van der Waals surface area contributed by atoms with Gasteiger partial charge in [-0.05, 0) is 28.9 Å². The highest BCUT2D eigenvalue weighted by atomic mass is 79.9. The zero-order valence-corrected chi connectivity index (χ0v) is 9.41. The van der Waals surface area contributed by atoms with E-state index in [2.05, 4.69) is 25.8 Å². The molecule has 0 atom stereocenters. The first kappa shape index (κ1) is 10.8. The summed E-state index contributed by atoms with van der Waals surface area (Å²) in [7, 11) is 1.31. The zero-order valence-electron chi connectivity index (χ0n) is 7.82. The molecule has 0 aromatic carbocycles. The smallest absolute Gasteiger partial charge is 0.356 e. The maximum atomic E-state index is 11.3. The SMILES string of the molecule is COC(=O)c1cc(Br)cn1/N=C(/C)N. The van der Waals surface area contributed by atoms with Gasteiger partial charge in [0, 0.05) is 10.7 Å². The summed E-state index contributed by atoms with van der Waals surface area (Å²) in [6.07, 6.45) is 1.63. The van der Waals surface area contributed by atoms with Crippen LogP contribution in [0.3, 0.4) is 0 Å². The van der Waals surface area contributed by atoms with Crippen LogP contribution in [0.25, 0.3) is 0 Å². The number of methoxy groups -OCH3 is 1. The average Bonchev–Trinajstić information content (AvgIpc) is 2.44. The van der Waals surface area contributed by atoms with Gasteiger partial charge in [0.15, 0.2) is 5.69 Å². The summed E-state index contributed by atoms with van der Waals surface area (Å²) in [6.45, 7) is 1.63. The molecule has 0 radical (unpaired) electrons. The van der Waals surface area contributed by atoms with Crippen molar-refractivity contribution in [3.63, 3.8) is 0 Å². The van der Waals surface area contributed by atoms with Gasteiger partial charge in [-0.15, -0.1) is 0 Å². The molecule has 0 spiro atoms.